The minimum atomic E-state index is 0.692. The maximum atomic E-state index is 5.76. The summed E-state index contributed by atoms with van der Waals surface area (Å²) in [5.74, 6) is 0.881. The zero-order valence-electron chi connectivity index (χ0n) is 9.08. The molecule has 0 radical (unpaired) electrons. The van der Waals surface area contributed by atoms with Gasteiger partial charge in [0.15, 0.2) is 0 Å². The summed E-state index contributed by atoms with van der Waals surface area (Å²) in [6.45, 7) is 3.58. The van der Waals surface area contributed by atoms with Crippen LogP contribution in [0.5, 0.6) is 5.75 Å². The Hall–Kier alpha value is -1.22. The molecule has 0 aromatic heterocycles. The highest BCUT2D eigenvalue weighted by atomic mass is 16.5. The van der Waals surface area contributed by atoms with E-state index < -0.39 is 0 Å². The third-order valence-corrected chi connectivity index (χ3v) is 2.12. The van der Waals surface area contributed by atoms with E-state index in [4.69, 9.17) is 10.5 Å². The van der Waals surface area contributed by atoms with Crippen molar-refractivity contribution >= 4 is 5.69 Å². The number of benzene rings is 1. The quantitative estimate of drug-likeness (QED) is 0.738. The van der Waals surface area contributed by atoms with Gasteiger partial charge in [-0.2, -0.15) is 0 Å². The van der Waals surface area contributed by atoms with Crippen molar-refractivity contribution < 1.29 is 4.74 Å². The van der Waals surface area contributed by atoms with Crippen molar-refractivity contribution in [3.05, 3.63) is 23.8 Å². The number of nitrogens with zero attached hydrogens (tertiary/aromatic N) is 1. The summed E-state index contributed by atoms with van der Waals surface area (Å²) in [6.07, 6.45) is 0. The number of hydrogen-bond donors (Lipinski definition) is 1. The Labute approximate surface area is 85.5 Å². The van der Waals surface area contributed by atoms with Crippen LogP contribution in [0.1, 0.15) is 5.56 Å². The normalized spacial score (nSPS) is 10.6. The summed E-state index contributed by atoms with van der Waals surface area (Å²) >= 11 is 0. The Bertz CT molecular complexity index is 297. The summed E-state index contributed by atoms with van der Waals surface area (Å²) < 4.78 is 5.61. The molecule has 1 rings (SSSR count). The molecule has 0 unspecified atom stereocenters. The maximum Gasteiger partial charge on any atom is 0.124 e. The molecule has 0 fully saturated rings. The molecule has 1 aromatic carbocycles. The second-order valence-corrected chi connectivity index (χ2v) is 3.62. The molecule has 0 spiro atoms. The largest absolute Gasteiger partial charge is 0.492 e. The Morgan fingerprint density at radius 2 is 2.07 bits per heavy atom. The van der Waals surface area contributed by atoms with Crippen LogP contribution in [-0.4, -0.2) is 32.1 Å². The SMILES string of the molecule is Cc1c(N)cccc1OCCN(C)C. The first kappa shape index (κ1) is 10.9. The van der Waals surface area contributed by atoms with Crippen LogP contribution >= 0.6 is 0 Å². The van der Waals surface area contributed by atoms with Gasteiger partial charge in [-0.25, -0.2) is 0 Å². The topological polar surface area (TPSA) is 38.5 Å². The fourth-order valence-corrected chi connectivity index (χ4v) is 1.13. The molecule has 0 heterocycles. The Balaban J connectivity index is 2.54. The molecule has 0 amide bonds. The highest BCUT2D eigenvalue weighted by Gasteiger charge is 2.01. The van der Waals surface area contributed by atoms with Gasteiger partial charge in [-0.05, 0) is 33.2 Å². The molecule has 78 valence electrons. The Kier molecular flexibility index (Phi) is 3.77. The second-order valence-electron chi connectivity index (χ2n) is 3.62. The standard InChI is InChI=1S/C11H18N2O/c1-9-10(12)5-4-6-11(9)14-8-7-13(2)3/h4-6H,7-8,12H2,1-3H3. The van der Waals surface area contributed by atoms with Crippen LogP contribution in [0.15, 0.2) is 18.2 Å². The minimum absolute atomic E-state index is 0.692. The van der Waals surface area contributed by atoms with Crippen LogP contribution in [0.4, 0.5) is 5.69 Å². The van der Waals surface area contributed by atoms with Crippen LogP contribution in [0.3, 0.4) is 0 Å². The molecule has 1 aromatic rings. The van der Waals surface area contributed by atoms with Gasteiger partial charge in [0.2, 0.25) is 0 Å². The number of likely N-dealkylation sites (N-methyl/N-ethyl adjacent to an activating group) is 1. The molecular weight excluding hydrogens is 176 g/mol. The van der Waals surface area contributed by atoms with E-state index >= 15 is 0 Å². The van der Waals surface area contributed by atoms with E-state index in [-0.39, 0.29) is 0 Å². The predicted octanol–water partition coefficient (Wildman–Crippen LogP) is 1.52. The van der Waals surface area contributed by atoms with Gasteiger partial charge in [0, 0.05) is 17.8 Å². The van der Waals surface area contributed by atoms with E-state index in [1.54, 1.807) is 0 Å². The number of rotatable bonds is 4. The van der Waals surface area contributed by atoms with Crippen LogP contribution in [0, 0.1) is 6.92 Å². The lowest BCUT2D eigenvalue weighted by Crippen LogP contribution is -2.19. The molecule has 3 nitrogen and oxygen atoms in total. The average Bonchev–Trinajstić information content (AvgIpc) is 2.12. The average molecular weight is 194 g/mol. The lowest BCUT2D eigenvalue weighted by molar-refractivity contribution is 0.260. The zero-order chi connectivity index (χ0) is 10.6. The van der Waals surface area contributed by atoms with Gasteiger partial charge in [0.1, 0.15) is 12.4 Å². The second kappa shape index (κ2) is 4.86. The van der Waals surface area contributed by atoms with Gasteiger partial charge < -0.3 is 15.4 Å². The van der Waals surface area contributed by atoms with Crippen molar-refractivity contribution in [3.63, 3.8) is 0 Å². The van der Waals surface area contributed by atoms with Gasteiger partial charge in [0.05, 0.1) is 0 Å². The van der Waals surface area contributed by atoms with E-state index in [9.17, 15) is 0 Å². The van der Waals surface area contributed by atoms with Crippen molar-refractivity contribution in [2.45, 2.75) is 6.92 Å². The molecule has 0 aliphatic carbocycles. The molecule has 0 saturated heterocycles. The molecule has 0 saturated carbocycles. The van der Waals surface area contributed by atoms with Gasteiger partial charge in [-0.3, -0.25) is 0 Å². The van der Waals surface area contributed by atoms with E-state index in [0.29, 0.717) is 6.61 Å². The lowest BCUT2D eigenvalue weighted by Gasteiger charge is -2.13. The molecule has 0 aliphatic heterocycles. The number of nitrogens with two attached hydrogens (primary N) is 1. The fraction of sp³-hybridized carbons (Fsp3) is 0.455. The fourth-order valence-electron chi connectivity index (χ4n) is 1.13. The smallest absolute Gasteiger partial charge is 0.124 e. The third-order valence-electron chi connectivity index (χ3n) is 2.12. The molecule has 3 heteroatoms. The van der Waals surface area contributed by atoms with Crippen molar-refractivity contribution in [1.29, 1.82) is 0 Å². The number of ether oxygens (including phenoxy) is 1. The Morgan fingerprint density at radius 3 is 2.71 bits per heavy atom. The maximum absolute atomic E-state index is 5.76. The lowest BCUT2D eigenvalue weighted by atomic mass is 10.2. The number of nitrogen functional groups attached to an aromatic ring is 1. The molecule has 14 heavy (non-hydrogen) atoms. The first-order chi connectivity index (χ1) is 6.61. The minimum Gasteiger partial charge on any atom is -0.492 e. The molecular formula is C11H18N2O. The Morgan fingerprint density at radius 1 is 1.36 bits per heavy atom. The van der Waals surface area contributed by atoms with Crippen molar-refractivity contribution in [1.82, 2.24) is 4.90 Å². The number of hydrogen-bond acceptors (Lipinski definition) is 3. The van der Waals surface area contributed by atoms with E-state index in [1.807, 2.05) is 39.2 Å². The monoisotopic (exact) mass is 194 g/mol. The first-order valence-electron chi connectivity index (χ1n) is 4.74. The molecule has 2 N–H and O–H groups in total. The third kappa shape index (κ3) is 2.92. The summed E-state index contributed by atoms with van der Waals surface area (Å²) in [5, 5.41) is 0. The van der Waals surface area contributed by atoms with Gasteiger partial charge >= 0.3 is 0 Å². The molecule has 0 atom stereocenters. The predicted molar refractivity (Wildman–Crippen MR) is 59.6 cm³/mol. The van der Waals surface area contributed by atoms with Crippen LogP contribution in [0.2, 0.25) is 0 Å². The summed E-state index contributed by atoms with van der Waals surface area (Å²) in [4.78, 5) is 2.08. The highest BCUT2D eigenvalue weighted by Crippen LogP contribution is 2.22. The highest BCUT2D eigenvalue weighted by molar-refractivity contribution is 5.53. The number of anilines is 1. The van der Waals surface area contributed by atoms with Gasteiger partial charge in [-0.15, -0.1) is 0 Å². The van der Waals surface area contributed by atoms with Crippen molar-refractivity contribution in [2.75, 3.05) is 33.0 Å². The van der Waals surface area contributed by atoms with E-state index in [2.05, 4.69) is 4.90 Å². The van der Waals surface area contributed by atoms with Gasteiger partial charge in [0.25, 0.3) is 0 Å². The van der Waals surface area contributed by atoms with Gasteiger partial charge in [-0.1, -0.05) is 6.07 Å². The van der Waals surface area contributed by atoms with Crippen LogP contribution in [-0.2, 0) is 0 Å². The summed E-state index contributed by atoms with van der Waals surface area (Å²) in [5.41, 5.74) is 7.57. The van der Waals surface area contributed by atoms with Crippen molar-refractivity contribution in [3.8, 4) is 5.75 Å². The molecule has 0 bridgehead atoms. The van der Waals surface area contributed by atoms with Crippen molar-refractivity contribution in [2.24, 2.45) is 0 Å². The first-order valence-corrected chi connectivity index (χ1v) is 4.74. The molecule has 0 aliphatic rings. The van der Waals surface area contributed by atoms with Crippen LogP contribution in [0.25, 0.3) is 0 Å². The van der Waals surface area contributed by atoms with E-state index in [0.717, 1.165) is 23.5 Å². The summed E-state index contributed by atoms with van der Waals surface area (Å²) in [6, 6.07) is 5.74. The van der Waals surface area contributed by atoms with E-state index in [1.165, 1.54) is 0 Å². The zero-order valence-corrected chi connectivity index (χ0v) is 9.08. The van der Waals surface area contributed by atoms with Crippen LogP contribution < -0.4 is 10.5 Å². The summed E-state index contributed by atoms with van der Waals surface area (Å²) in [7, 11) is 4.05.